The van der Waals surface area contributed by atoms with Crippen LogP contribution in [-0.2, 0) is 11.3 Å². The van der Waals surface area contributed by atoms with Crippen molar-refractivity contribution in [2.75, 3.05) is 6.61 Å². The van der Waals surface area contributed by atoms with Crippen molar-refractivity contribution in [3.63, 3.8) is 0 Å². The van der Waals surface area contributed by atoms with Crippen LogP contribution in [0, 0.1) is 3.95 Å². The van der Waals surface area contributed by atoms with E-state index in [1.54, 1.807) is 16.7 Å². The first-order chi connectivity index (χ1) is 11.1. The highest BCUT2D eigenvalue weighted by molar-refractivity contribution is 7.73. The molecule has 1 aromatic heterocycles. The molecule has 122 valence electrons. The van der Waals surface area contributed by atoms with Crippen molar-refractivity contribution in [2.24, 2.45) is 0 Å². The fourth-order valence-electron chi connectivity index (χ4n) is 1.92. The zero-order valence-corrected chi connectivity index (χ0v) is 14.0. The number of hydrogen-bond acceptors (Lipinski definition) is 5. The van der Waals surface area contributed by atoms with E-state index in [0.29, 0.717) is 28.4 Å². The number of carboxylic acid groups (broad SMARTS) is 1. The second-order valence-corrected chi connectivity index (χ2v) is 6.41. The number of carbonyl (C=O) groups is 1. The van der Waals surface area contributed by atoms with E-state index < -0.39 is 5.97 Å². The summed E-state index contributed by atoms with van der Waals surface area (Å²) in [6.07, 6.45) is 4.03. The average Bonchev–Trinajstić information content (AvgIpc) is 2.80. The predicted octanol–water partition coefficient (Wildman–Crippen LogP) is 3.94. The van der Waals surface area contributed by atoms with Crippen LogP contribution in [0.3, 0.4) is 0 Å². The van der Waals surface area contributed by atoms with E-state index in [4.69, 9.17) is 22.1 Å². The van der Waals surface area contributed by atoms with Crippen LogP contribution in [0.15, 0.2) is 36.4 Å². The van der Waals surface area contributed by atoms with Crippen LogP contribution >= 0.6 is 23.6 Å². The Labute approximate surface area is 143 Å². The summed E-state index contributed by atoms with van der Waals surface area (Å²) in [6, 6.07) is 9.45. The van der Waals surface area contributed by atoms with Crippen molar-refractivity contribution in [3.8, 4) is 11.6 Å². The van der Waals surface area contributed by atoms with Crippen LogP contribution in [0.4, 0.5) is 0 Å². The van der Waals surface area contributed by atoms with Gasteiger partial charge in [0.05, 0.1) is 4.88 Å². The molecule has 5 nitrogen and oxygen atoms in total. The van der Waals surface area contributed by atoms with Crippen molar-refractivity contribution in [2.45, 2.75) is 19.4 Å². The van der Waals surface area contributed by atoms with Gasteiger partial charge in [-0.05, 0) is 42.9 Å². The topological polar surface area (TPSA) is 71.7 Å². The molecular formula is C16H17NO4S2. The summed E-state index contributed by atoms with van der Waals surface area (Å²) in [5.74, 6) is -0.00832. The summed E-state index contributed by atoms with van der Waals surface area (Å²) < 4.78 is 7.61. The largest absolute Gasteiger partial charge is 0.493 e. The first kappa shape index (κ1) is 17.2. The number of carboxylic acids is 1. The van der Waals surface area contributed by atoms with Crippen LogP contribution in [0.1, 0.15) is 17.7 Å². The number of aliphatic carboxylic acids is 1. The molecule has 0 spiro atoms. The van der Waals surface area contributed by atoms with Gasteiger partial charge >= 0.3 is 5.97 Å². The molecule has 23 heavy (non-hydrogen) atoms. The number of aromatic nitrogens is 1. The summed E-state index contributed by atoms with van der Waals surface area (Å²) in [4.78, 5) is 11.2. The summed E-state index contributed by atoms with van der Waals surface area (Å²) in [6.45, 7) is 0.773. The Morgan fingerprint density at radius 1 is 1.35 bits per heavy atom. The lowest BCUT2D eigenvalue weighted by Gasteiger charge is -2.03. The quantitative estimate of drug-likeness (QED) is 0.705. The maximum Gasteiger partial charge on any atom is 0.303 e. The van der Waals surface area contributed by atoms with Gasteiger partial charge in [-0.1, -0.05) is 18.2 Å². The molecule has 0 unspecified atom stereocenters. The molecule has 2 rings (SSSR count). The second kappa shape index (κ2) is 8.50. The third kappa shape index (κ3) is 5.22. The van der Waals surface area contributed by atoms with E-state index in [9.17, 15) is 9.90 Å². The fraction of sp³-hybridized carbons (Fsp3) is 0.250. The second-order valence-electron chi connectivity index (χ2n) is 4.73. The SMILES string of the molecule is O=C(O)CCCn1c(O)c(C=CCOc2ccccc2)sc1=S. The highest BCUT2D eigenvalue weighted by atomic mass is 32.1. The first-order valence-electron chi connectivity index (χ1n) is 7.06. The Hall–Kier alpha value is -2.12. The average molecular weight is 351 g/mol. The molecule has 0 aliphatic carbocycles. The highest BCUT2D eigenvalue weighted by Crippen LogP contribution is 2.27. The van der Waals surface area contributed by atoms with Gasteiger partial charge in [0, 0.05) is 13.0 Å². The molecular weight excluding hydrogens is 334 g/mol. The Morgan fingerprint density at radius 2 is 2.09 bits per heavy atom. The Kier molecular flexibility index (Phi) is 6.37. The lowest BCUT2D eigenvalue weighted by molar-refractivity contribution is -0.137. The molecule has 0 bridgehead atoms. The number of aromatic hydroxyl groups is 1. The third-order valence-corrected chi connectivity index (χ3v) is 4.43. The van der Waals surface area contributed by atoms with E-state index in [1.807, 2.05) is 30.3 Å². The minimum Gasteiger partial charge on any atom is -0.493 e. The molecule has 0 aliphatic heterocycles. The van der Waals surface area contributed by atoms with Gasteiger partial charge in [-0.25, -0.2) is 0 Å². The summed E-state index contributed by atoms with van der Waals surface area (Å²) >= 11 is 6.49. The molecule has 7 heteroatoms. The van der Waals surface area contributed by atoms with Gasteiger partial charge in [-0.15, -0.1) is 11.3 Å². The third-order valence-electron chi connectivity index (χ3n) is 3.02. The van der Waals surface area contributed by atoms with E-state index in [2.05, 4.69) is 0 Å². The summed E-state index contributed by atoms with van der Waals surface area (Å²) in [5, 5.41) is 18.8. The Bertz CT molecular complexity index is 734. The number of para-hydroxylation sites is 1. The normalized spacial score (nSPS) is 11.0. The van der Waals surface area contributed by atoms with Crippen LogP contribution in [0.5, 0.6) is 11.6 Å². The summed E-state index contributed by atoms with van der Waals surface area (Å²) in [7, 11) is 0. The van der Waals surface area contributed by atoms with Gasteiger partial charge in [-0.3, -0.25) is 9.36 Å². The lowest BCUT2D eigenvalue weighted by Crippen LogP contribution is -2.01. The Balaban J connectivity index is 1.93. The molecule has 0 amide bonds. The number of nitrogens with zero attached hydrogens (tertiary/aromatic N) is 1. The maximum absolute atomic E-state index is 10.5. The minimum atomic E-state index is -0.857. The fourth-order valence-corrected chi connectivity index (χ4v) is 3.21. The van der Waals surface area contributed by atoms with Crippen LogP contribution in [-0.4, -0.2) is 27.4 Å². The zero-order chi connectivity index (χ0) is 16.7. The molecule has 0 radical (unpaired) electrons. The molecule has 0 aliphatic rings. The molecule has 1 aromatic carbocycles. The van der Waals surface area contributed by atoms with Crippen LogP contribution in [0.2, 0.25) is 0 Å². The van der Waals surface area contributed by atoms with E-state index in [1.165, 1.54) is 11.3 Å². The zero-order valence-electron chi connectivity index (χ0n) is 12.3. The smallest absolute Gasteiger partial charge is 0.303 e. The molecule has 1 heterocycles. The Morgan fingerprint density at radius 3 is 2.78 bits per heavy atom. The predicted molar refractivity (Wildman–Crippen MR) is 92.6 cm³/mol. The van der Waals surface area contributed by atoms with Crippen molar-refractivity contribution in [1.82, 2.24) is 4.57 Å². The minimum absolute atomic E-state index is 0.0488. The molecule has 0 atom stereocenters. The number of thiazole rings is 1. The molecule has 0 saturated heterocycles. The van der Waals surface area contributed by atoms with E-state index >= 15 is 0 Å². The van der Waals surface area contributed by atoms with Gasteiger partial charge < -0.3 is 14.9 Å². The lowest BCUT2D eigenvalue weighted by atomic mass is 10.3. The van der Waals surface area contributed by atoms with Crippen LogP contribution in [0.25, 0.3) is 6.08 Å². The van der Waals surface area contributed by atoms with Gasteiger partial charge in [-0.2, -0.15) is 0 Å². The monoisotopic (exact) mass is 351 g/mol. The van der Waals surface area contributed by atoms with Gasteiger partial charge in [0.2, 0.25) is 5.88 Å². The van der Waals surface area contributed by atoms with Crippen molar-refractivity contribution in [3.05, 3.63) is 45.2 Å². The number of hydrogen-bond donors (Lipinski definition) is 2. The first-order valence-corrected chi connectivity index (χ1v) is 8.29. The summed E-state index contributed by atoms with van der Waals surface area (Å²) in [5.41, 5.74) is 0. The number of rotatable bonds is 8. The van der Waals surface area contributed by atoms with Crippen molar-refractivity contribution < 1.29 is 19.7 Å². The molecule has 2 N–H and O–H groups in total. The van der Waals surface area contributed by atoms with Crippen LogP contribution < -0.4 is 4.74 Å². The molecule has 0 saturated carbocycles. The van der Waals surface area contributed by atoms with Crippen molar-refractivity contribution in [1.29, 1.82) is 0 Å². The van der Waals surface area contributed by atoms with E-state index in [-0.39, 0.29) is 12.3 Å². The molecule has 2 aromatic rings. The maximum atomic E-state index is 10.5. The standard InChI is InChI=1S/C16H17NO4S2/c18-14(19)9-4-10-17-15(20)13(23-16(17)22)8-5-11-21-12-6-2-1-3-7-12/h1-3,5-8,20H,4,9-11H2,(H,18,19). The highest BCUT2D eigenvalue weighted by Gasteiger charge is 2.09. The molecule has 0 fully saturated rings. The van der Waals surface area contributed by atoms with Gasteiger partial charge in [0.15, 0.2) is 3.95 Å². The van der Waals surface area contributed by atoms with Crippen molar-refractivity contribution >= 4 is 35.6 Å². The number of ether oxygens (including phenoxy) is 1. The van der Waals surface area contributed by atoms with Gasteiger partial charge in [0.1, 0.15) is 12.4 Å². The van der Waals surface area contributed by atoms with E-state index in [0.717, 1.165) is 5.75 Å². The number of benzene rings is 1. The van der Waals surface area contributed by atoms with Gasteiger partial charge in [0.25, 0.3) is 0 Å².